The summed E-state index contributed by atoms with van der Waals surface area (Å²) in [5, 5.41) is 0. The molecule has 0 bridgehead atoms. The molecule has 0 spiro atoms. The van der Waals surface area contributed by atoms with E-state index in [0.29, 0.717) is 0 Å². The summed E-state index contributed by atoms with van der Waals surface area (Å²) >= 11 is 0. The Bertz CT molecular complexity index is 781. The number of aryl methyl sites for hydroxylation is 4. The van der Waals surface area contributed by atoms with Crippen molar-refractivity contribution in [2.45, 2.75) is 53.9 Å². The lowest BCUT2D eigenvalue weighted by Crippen LogP contribution is -1.93. The highest BCUT2D eigenvalue weighted by atomic mass is 14.4. The van der Waals surface area contributed by atoms with E-state index in [2.05, 4.69) is 77.6 Å². The largest absolute Gasteiger partial charge is 0.0619 e. The fraction of sp³-hybridized carbons (Fsp3) is 0.391. The number of benzene rings is 2. The molecule has 1 aliphatic carbocycles. The molecule has 1 saturated carbocycles. The first-order valence-corrected chi connectivity index (χ1v) is 8.58. The van der Waals surface area contributed by atoms with Gasteiger partial charge < -0.3 is 0 Å². The number of hydrogen-bond acceptors (Lipinski definition) is 0. The number of hydrogen-bond donors (Lipinski definition) is 0. The first-order chi connectivity index (χ1) is 10.9. The second-order valence-electron chi connectivity index (χ2n) is 7.33. The van der Waals surface area contributed by atoms with E-state index in [9.17, 15) is 0 Å². The summed E-state index contributed by atoms with van der Waals surface area (Å²) < 4.78 is 0. The zero-order valence-electron chi connectivity index (χ0n) is 15.2. The quantitative estimate of drug-likeness (QED) is 0.588. The van der Waals surface area contributed by atoms with Crippen molar-refractivity contribution in [3.05, 3.63) is 68.8 Å². The predicted molar refractivity (Wildman–Crippen MR) is 99.1 cm³/mol. The van der Waals surface area contributed by atoms with Gasteiger partial charge in [-0.2, -0.15) is 0 Å². The van der Waals surface area contributed by atoms with Gasteiger partial charge >= 0.3 is 0 Å². The lowest BCUT2D eigenvalue weighted by molar-refractivity contribution is 0.912. The molecule has 1 aliphatic rings. The van der Waals surface area contributed by atoms with Crippen LogP contribution < -0.4 is 0 Å². The van der Waals surface area contributed by atoms with Crippen molar-refractivity contribution in [3.8, 4) is 11.8 Å². The average Bonchev–Trinajstić information content (AvgIpc) is 3.20. The van der Waals surface area contributed by atoms with Gasteiger partial charge in [-0.3, -0.25) is 0 Å². The van der Waals surface area contributed by atoms with Crippen molar-refractivity contribution in [1.29, 1.82) is 0 Å². The van der Waals surface area contributed by atoms with Crippen LogP contribution in [0.5, 0.6) is 0 Å². The summed E-state index contributed by atoms with van der Waals surface area (Å²) in [5.74, 6) is 8.42. The molecule has 2 unspecified atom stereocenters. The monoisotopic (exact) mass is 302 g/mol. The van der Waals surface area contributed by atoms with Gasteiger partial charge in [-0.25, -0.2) is 0 Å². The Hall–Kier alpha value is -2.00. The van der Waals surface area contributed by atoms with Crippen LogP contribution in [0.2, 0.25) is 0 Å². The maximum absolute atomic E-state index is 3.42. The predicted octanol–water partition coefficient (Wildman–Crippen LogP) is 5.75. The third-order valence-corrected chi connectivity index (χ3v) is 5.35. The first kappa shape index (κ1) is 15.9. The molecule has 0 heterocycles. The van der Waals surface area contributed by atoms with Crippen molar-refractivity contribution in [2.24, 2.45) is 5.92 Å². The van der Waals surface area contributed by atoms with Crippen LogP contribution in [0.25, 0.3) is 0 Å². The van der Waals surface area contributed by atoms with Gasteiger partial charge in [0, 0.05) is 11.1 Å². The fourth-order valence-corrected chi connectivity index (χ4v) is 3.44. The Balaban J connectivity index is 1.95. The van der Waals surface area contributed by atoms with Crippen molar-refractivity contribution in [3.63, 3.8) is 0 Å². The molecule has 1 fully saturated rings. The molecule has 2 aromatic rings. The molecule has 0 N–H and O–H groups in total. The van der Waals surface area contributed by atoms with E-state index < -0.39 is 0 Å². The molecule has 0 amide bonds. The molecule has 0 heteroatoms. The van der Waals surface area contributed by atoms with Crippen LogP contribution >= 0.6 is 0 Å². The van der Waals surface area contributed by atoms with Crippen LogP contribution in [0.1, 0.15) is 63.8 Å². The van der Waals surface area contributed by atoms with Gasteiger partial charge in [-0.1, -0.05) is 30.9 Å². The zero-order chi connectivity index (χ0) is 16.7. The maximum atomic E-state index is 3.42. The topological polar surface area (TPSA) is 0 Å². The van der Waals surface area contributed by atoms with Crippen LogP contribution in [-0.4, -0.2) is 0 Å². The van der Waals surface area contributed by atoms with E-state index in [1.165, 1.54) is 45.4 Å². The van der Waals surface area contributed by atoms with Crippen molar-refractivity contribution in [1.82, 2.24) is 0 Å². The molecule has 118 valence electrons. The molecule has 3 rings (SSSR count). The minimum atomic E-state index is 0.775. The van der Waals surface area contributed by atoms with Crippen LogP contribution in [-0.2, 0) is 0 Å². The van der Waals surface area contributed by atoms with Gasteiger partial charge in [0.25, 0.3) is 0 Å². The highest BCUT2D eigenvalue weighted by Gasteiger charge is 2.34. The van der Waals surface area contributed by atoms with Crippen molar-refractivity contribution >= 4 is 0 Å². The maximum Gasteiger partial charge on any atom is 0.0307 e. The van der Waals surface area contributed by atoms with Crippen LogP contribution in [0.4, 0.5) is 0 Å². The second kappa shape index (κ2) is 5.89. The van der Waals surface area contributed by atoms with Crippen LogP contribution in [0.3, 0.4) is 0 Å². The SMILES string of the molecule is Cc1cc(C#Cc2c(C)cc(C3CC3C)cc2C)cc(C)c1C. The Morgan fingerprint density at radius 3 is 1.78 bits per heavy atom. The summed E-state index contributed by atoms with van der Waals surface area (Å²) in [6, 6.07) is 9.08. The molecule has 0 saturated heterocycles. The molecule has 2 atom stereocenters. The lowest BCUT2D eigenvalue weighted by Gasteiger charge is -2.08. The van der Waals surface area contributed by atoms with E-state index in [0.717, 1.165) is 17.4 Å². The Morgan fingerprint density at radius 2 is 1.30 bits per heavy atom. The zero-order valence-corrected chi connectivity index (χ0v) is 15.2. The molecule has 2 aromatic carbocycles. The number of rotatable bonds is 1. The van der Waals surface area contributed by atoms with Crippen molar-refractivity contribution in [2.75, 3.05) is 0 Å². The Morgan fingerprint density at radius 1 is 0.783 bits per heavy atom. The second-order valence-corrected chi connectivity index (χ2v) is 7.33. The van der Waals surface area contributed by atoms with E-state index in [-0.39, 0.29) is 0 Å². The summed E-state index contributed by atoms with van der Waals surface area (Å²) in [6.45, 7) is 13.2. The Labute approximate surface area is 140 Å². The van der Waals surface area contributed by atoms with E-state index in [4.69, 9.17) is 0 Å². The summed E-state index contributed by atoms with van der Waals surface area (Å²) in [6.07, 6.45) is 1.34. The standard InChI is InChI=1S/C23H26/c1-14-9-20(10-15(2)19(14)6)7-8-22-16(3)11-21(12-17(22)4)23-13-18(23)5/h9-12,18,23H,13H2,1-6H3. The van der Waals surface area contributed by atoms with E-state index in [1.54, 1.807) is 0 Å². The molecule has 0 aliphatic heterocycles. The minimum absolute atomic E-state index is 0.775. The highest BCUT2D eigenvalue weighted by molar-refractivity contribution is 5.53. The van der Waals surface area contributed by atoms with E-state index in [1.807, 2.05) is 0 Å². The van der Waals surface area contributed by atoms with Crippen molar-refractivity contribution < 1.29 is 0 Å². The summed E-state index contributed by atoms with van der Waals surface area (Å²) in [5.41, 5.74) is 10.4. The molecular weight excluding hydrogens is 276 g/mol. The Kier molecular flexibility index (Phi) is 4.07. The minimum Gasteiger partial charge on any atom is -0.0619 e. The molecular formula is C23H26. The highest BCUT2D eigenvalue weighted by Crippen LogP contribution is 2.47. The van der Waals surface area contributed by atoms with Gasteiger partial charge in [-0.15, -0.1) is 0 Å². The summed E-state index contributed by atoms with van der Waals surface area (Å²) in [4.78, 5) is 0. The average molecular weight is 302 g/mol. The summed E-state index contributed by atoms with van der Waals surface area (Å²) in [7, 11) is 0. The molecule has 0 radical (unpaired) electrons. The van der Waals surface area contributed by atoms with Crippen LogP contribution in [0, 0.1) is 52.4 Å². The third-order valence-electron chi connectivity index (χ3n) is 5.35. The third kappa shape index (κ3) is 3.20. The van der Waals surface area contributed by atoms with Gasteiger partial charge in [-0.05, 0) is 98.4 Å². The van der Waals surface area contributed by atoms with Gasteiger partial charge in [0.05, 0.1) is 0 Å². The van der Waals surface area contributed by atoms with Gasteiger partial charge in [0.2, 0.25) is 0 Å². The molecule has 0 aromatic heterocycles. The van der Waals surface area contributed by atoms with E-state index >= 15 is 0 Å². The molecule has 0 nitrogen and oxygen atoms in total. The lowest BCUT2D eigenvalue weighted by atomic mass is 9.96. The fourth-order valence-electron chi connectivity index (χ4n) is 3.44. The van der Waals surface area contributed by atoms with Crippen LogP contribution in [0.15, 0.2) is 24.3 Å². The van der Waals surface area contributed by atoms with Gasteiger partial charge in [0.1, 0.15) is 0 Å². The van der Waals surface area contributed by atoms with Gasteiger partial charge in [0.15, 0.2) is 0 Å². The molecule has 23 heavy (non-hydrogen) atoms. The normalized spacial score (nSPS) is 19.2. The first-order valence-electron chi connectivity index (χ1n) is 8.58. The smallest absolute Gasteiger partial charge is 0.0307 e.